The van der Waals surface area contributed by atoms with Gasteiger partial charge in [0.2, 0.25) is 0 Å². The highest BCUT2D eigenvalue weighted by molar-refractivity contribution is 9.10. The van der Waals surface area contributed by atoms with Crippen molar-refractivity contribution in [2.24, 2.45) is 0 Å². The molecule has 2 heterocycles. The lowest BCUT2D eigenvalue weighted by Crippen LogP contribution is -1.88. The molecule has 0 unspecified atom stereocenters. The fourth-order valence-corrected chi connectivity index (χ4v) is 3.67. The van der Waals surface area contributed by atoms with Crippen LogP contribution in [0.4, 0.5) is 0 Å². The number of halogens is 1. The van der Waals surface area contributed by atoms with Crippen molar-refractivity contribution in [3.05, 3.63) is 63.9 Å². The Morgan fingerprint density at radius 2 is 1.81 bits per heavy atom. The maximum Gasteiger partial charge on any atom is 0.102 e. The van der Waals surface area contributed by atoms with Crippen LogP contribution in [-0.4, -0.2) is 9.97 Å². The summed E-state index contributed by atoms with van der Waals surface area (Å²) >= 11 is 5.25. The number of nitrogens with zero attached hydrogens (tertiary/aromatic N) is 2. The quantitative estimate of drug-likeness (QED) is 0.594. The number of rotatable bonds is 3. The number of aromatic nitrogens is 2. The molecule has 0 atom stereocenters. The van der Waals surface area contributed by atoms with Gasteiger partial charge in [0.05, 0.1) is 5.52 Å². The maximum absolute atomic E-state index is 4.50. The molecular formula is C17H15BrN2S. The molecule has 106 valence electrons. The van der Waals surface area contributed by atoms with E-state index in [2.05, 4.69) is 57.9 Å². The monoisotopic (exact) mass is 358 g/mol. The molecule has 0 saturated carbocycles. The first-order valence-electron chi connectivity index (χ1n) is 6.72. The smallest absolute Gasteiger partial charge is 0.102 e. The van der Waals surface area contributed by atoms with Crippen molar-refractivity contribution in [2.45, 2.75) is 24.5 Å². The molecule has 0 amide bonds. The summed E-state index contributed by atoms with van der Waals surface area (Å²) in [5.74, 6) is 0.944. The Morgan fingerprint density at radius 1 is 1.05 bits per heavy atom. The number of pyridine rings is 2. The molecule has 0 bridgehead atoms. The van der Waals surface area contributed by atoms with Crippen molar-refractivity contribution in [2.75, 3.05) is 0 Å². The molecule has 0 spiro atoms. The third-order valence-electron chi connectivity index (χ3n) is 3.18. The lowest BCUT2D eigenvalue weighted by Gasteiger charge is -2.07. The highest BCUT2D eigenvalue weighted by Crippen LogP contribution is 2.29. The zero-order valence-corrected chi connectivity index (χ0v) is 14.3. The molecule has 2 aromatic heterocycles. The Hall–Kier alpha value is -1.39. The first-order chi connectivity index (χ1) is 10.1. The van der Waals surface area contributed by atoms with Crippen molar-refractivity contribution < 1.29 is 0 Å². The van der Waals surface area contributed by atoms with Crippen LogP contribution in [0.1, 0.15) is 16.7 Å². The Kier molecular flexibility index (Phi) is 4.27. The van der Waals surface area contributed by atoms with Gasteiger partial charge >= 0.3 is 0 Å². The predicted molar refractivity (Wildman–Crippen MR) is 92.7 cm³/mol. The SMILES string of the molecule is Cc1cc(C)cc(CSc2ccnc3cc(Br)cnc23)c1. The second-order valence-electron chi connectivity index (χ2n) is 5.11. The molecule has 0 aliphatic rings. The van der Waals surface area contributed by atoms with Crippen LogP contribution in [0.15, 0.2) is 52.1 Å². The molecule has 0 radical (unpaired) electrons. The molecule has 3 rings (SSSR count). The highest BCUT2D eigenvalue weighted by atomic mass is 79.9. The van der Waals surface area contributed by atoms with Crippen molar-refractivity contribution in [1.82, 2.24) is 9.97 Å². The minimum Gasteiger partial charge on any atom is -0.254 e. The molecule has 0 N–H and O–H groups in total. The lowest BCUT2D eigenvalue weighted by atomic mass is 10.1. The average molecular weight is 359 g/mol. The highest BCUT2D eigenvalue weighted by Gasteiger charge is 2.06. The summed E-state index contributed by atoms with van der Waals surface area (Å²) in [4.78, 5) is 10.1. The molecular weight excluding hydrogens is 344 g/mol. The second kappa shape index (κ2) is 6.16. The number of benzene rings is 1. The van der Waals surface area contributed by atoms with Crippen LogP contribution in [0.3, 0.4) is 0 Å². The lowest BCUT2D eigenvalue weighted by molar-refractivity contribution is 1.26. The fraction of sp³-hybridized carbons (Fsp3) is 0.176. The summed E-state index contributed by atoms with van der Waals surface area (Å²) in [6.07, 6.45) is 3.67. The van der Waals surface area contributed by atoms with Gasteiger partial charge in [-0.15, -0.1) is 11.8 Å². The molecule has 0 aliphatic heterocycles. The van der Waals surface area contributed by atoms with Gasteiger partial charge in [-0.1, -0.05) is 29.3 Å². The minimum absolute atomic E-state index is 0.926. The number of hydrogen-bond acceptors (Lipinski definition) is 3. The topological polar surface area (TPSA) is 25.8 Å². The van der Waals surface area contributed by atoms with Crippen LogP contribution >= 0.6 is 27.7 Å². The molecule has 2 nitrogen and oxygen atoms in total. The zero-order chi connectivity index (χ0) is 14.8. The van der Waals surface area contributed by atoms with E-state index in [1.54, 1.807) is 0 Å². The predicted octanol–water partition coefficient (Wildman–Crippen LogP) is 5.30. The van der Waals surface area contributed by atoms with E-state index >= 15 is 0 Å². The third-order valence-corrected chi connectivity index (χ3v) is 4.73. The van der Waals surface area contributed by atoms with Crippen molar-refractivity contribution in [3.63, 3.8) is 0 Å². The maximum atomic E-state index is 4.50. The fourth-order valence-electron chi connectivity index (χ4n) is 2.41. The number of aryl methyl sites for hydroxylation is 2. The van der Waals surface area contributed by atoms with E-state index < -0.39 is 0 Å². The third kappa shape index (κ3) is 3.44. The van der Waals surface area contributed by atoms with Crippen LogP contribution < -0.4 is 0 Å². The molecule has 0 saturated heterocycles. The van der Waals surface area contributed by atoms with E-state index in [1.165, 1.54) is 21.6 Å². The number of fused-ring (bicyclic) bond motifs is 1. The molecule has 0 aliphatic carbocycles. The number of hydrogen-bond donors (Lipinski definition) is 0. The first kappa shape index (κ1) is 14.5. The number of thioether (sulfide) groups is 1. The molecule has 21 heavy (non-hydrogen) atoms. The van der Waals surface area contributed by atoms with E-state index in [9.17, 15) is 0 Å². The van der Waals surface area contributed by atoms with Gasteiger partial charge in [0.15, 0.2) is 0 Å². The molecule has 0 fully saturated rings. The summed E-state index contributed by atoms with van der Waals surface area (Å²) in [6.45, 7) is 4.28. The summed E-state index contributed by atoms with van der Waals surface area (Å²) in [5.41, 5.74) is 5.86. The van der Waals surface area contributed by atoms with Gasteiger partial charge in [0.1, 0.15) is 5.52 Å². The van der Waals surface area contributed by atoms with E-state index in [0.29, 0.717) is 0 Å². The Balaban J connectivity index is 1.88. The summed E-state index contributed by atoms with van der Waals surface area (Å²) < 4.78 is 0.957. The Bertz CT molecular complexity index is 782. The van der Waals surface area contributed by atoms with Gasteiger partial charge in [-0.2, -0.15) is 0 Å². The zero-order valence-electron chi connectivity index (χ0n) is 11.9. The van der Waals surface area contributed by atoms with Gasteiger partial charge < -0.3 is 0 Å². The van der Waals surface area contributed by atoms with Crippen molar-refractivity contribution >= 4 is 38.7 Å². The minimum atomic E-state index is 0.926. The van der Waals surface area contributed by atoms with E-state index in [4.69, 9.17) is 0 Å². The summed E-state index contributed by atoms with van der Waals surface area (Å²) in [7, 11) is 0. The van der Waals surface area contributed by atoms with Crippen LogP contribution in [0.5, 0.6) is 0 Å². The van der Waals surface area contributed by atoms with Crippen LogP contribution in [0.2, 0.25) is 0 Å². The van der Waals surface area contributed by atoms with Gasteiger partial charge in [0.25, 0.3) is 0 Å². The summed E-state index contributed by atoms with van der Waals surface area (Å²) in [6, 6.07) is 10.7. The second-order valence-corrected chi connectivity index (χ2v) is 7.05. The van der Waals surface area contributed by atoms with Crippen LogP contribution in [-0.2, 0) is 5.75 Å². The van der Waals surface area contributed by atoms with Gasteiger partial charge in [-0.25, -0.2) is 0 Å². The average Bonchev–Trinajstić information content (AvgIpc) is 2.43. The Labute approximate surface area is 137 Å². The van der Waals surface area contributed by atoms with Crippen LogP contribution in [0, 0.1) is 13.8 Å². The van der Waals surface area contributed by atoms with E-state index in [-0.39, 0.29) is 0 Å². The van der Waals surface area contributed by atoms with Gasteiger partial charge in [-0.3, -0.25) is 9.97 Å². The largest absolute Gasteiger partial charge is 0.254 e. The van der Waals surface area contributed by atoms with Crippen molar-refractivity contribution in [1.29, 1.82) is 0 Å². The van der Waals surface area contributed by atoms with Gasteiger partial charge in [0, 0.05) is 27.5 Å². The van der Waals surface area contributed by atoms with E-state index in [1.807, 2.05) is 36.3 Å². The van der Waals surface area contributed by atoms with Gasteiger partial charge in [-0.05, 0) is 47.5 Å². The van der Waals surface area contributed by atoms with Crippen LogP contribution in [0.25, 0.3) is 11.0 Å². The Morgan fingerprint density at radius 3 is 2.57 bits per heavy atom. The summed E-state index contributed by atoms with van der Waals surface area (Å²) in [5, 5.41) is 0. The molecule has 4 heteroatoms. The first-order valence-corrected chi connectivity index (χ1v) is 8.50. The van der Waals surface area contributed by atoms with Crippen molar-refractivity contribution in [3.8, 4) is 0 Å². The normalized spacial score (nSPS) is 11.0. The van der Waals surface area contributed by atoms with E-state index in [0.717, 1.165) is 21.3 Å². The standard InChI is InChI=1S/C17H15BrN2S/c1-11-5-12(2)7-13(6-11)10-21-16-3-4-19-15-8-14(18)9-20-17(15)16/h3-9H,10H2,1-2H3. The molecule has 3 aromatic rings. The molecule has 1 aromatic carbocycles.